The van der Waals surface area contributed by atoms with Gasteiger partial charge in [0.15, 0.2) is 0 Å². The molecule has 22 aliphatic carbocycles. The van der Waals surface area contributed by atoms with Gasteiger partial charge in [-0.25, -0.2) is 0 Å². The zero-order chi connectivity index (χ0) is 68.4. The highest BCUT2D eigenvalue weighted by atomic mass is 16.6. The SMILES string of the molecule is CCC(C)(C)C(=O)OC1CC2CC1C1C3CC(C(=O)OC4(C)C5CC6CC(C5)CC4C6)C(C3)C21.CCC(C)(C)C(=O)OC1CC2CC1C1C3CC(C(=O)OC4(CC)C5CC6CC(C5)CC4C6)C(C3)C21.CCC(C)(C)C(=O)OC1CC2CC1CC2C(=O)OC1(C)C2CC3CC(C2)CC1C3. The summed E-state index contributed by atoms with van der Waals surface area (Å²) in [5, 5.41) is 0. The van der Waals surface area contributed by atoms with Crippen molar-refractivity contribution in [3.05, 3.63) is 0 Å². The Morgan fingerprint density at radius 1 is 0.306 bits per heavy atom. The Kier molecular flexibility index (Phi) is 16.8. The highest BCUT2D eigenvalue weighted by Crippen LogP contribution is 2.73. The number of fused-ring (bicyclic) bond motifs is 20. The lowest BCUT2D eigenvalue weighted by atomic mass is 9.49. The van der Waals surface area contributed by atoms with Crippen LogP contribution in [-0.4, -0.2) is 70.9 Å². The lowest BCUT2D eigenvalue weighted by molar-refractivity contribution is -0.216. The maximum Gasteiger partial charge on any atom is 0.311 e. The molecule has 0 saturated heterocycles. The number of rotatable bonds is 16. The number of ether oxygens (including phenoxy) is 6. The Morgan fingerprint density at radius 3 is 0.949 bits per heavy atom. The van der Waals surface area contributed by atoms with E-state index in [9.17, 15) is 28.8 Å². The van der Waals surface area contributed by atoms with E-state index in [4.69, 9.17) is 28.4 Å². The molecule has 0 heterocycles. The van der Waals surface area contributed by atoms with Crippen LogP contribution in [0.4, 0.5) is 0 Å². The fourth-order valence-corrected chi connectivity index (χ4v) is 30.1. The topological polar surface area (TPSA) is 158 Å². The molecule has 22 bridgehead atoms. The van der Waals surface area contributed by atoms with Crippen LogP contribution in [-0.2, 0) is 57.2 Å². The molecule has 0 radical (unpaired) electrons. The lowest BCUT2D eigenvalue weighted by Crippen LogP contribution is -2.60. The number of esters is 6. The van der Waals surface area contributed by atoms with E-state index in [1.165, 1.54) is 122 Å². The highest BCUT2D eigenvalue weighted by Gasteiger charge is 2.71. The minimum Gasteiger partial charge on any atom is -0.462 e. The molecule has 22 rings (SSSR count). The van der Waals surface area contributed by atoms with Crippen LogP contribution in [0.2, 0.25) is 0 Å². The fraction of sp³-hybridized carbons (Fsp3) is 0.930. The molecule has 0 aromatic heterocycles. The fourth-order valence-electron chi connectivity index (χ4n) is 30.1. The molecule has 0 spiro atoms. The van der Waals surface area contributed by atoms with Gasteiger partial charge in [-0.2, -0.15) is 0 Å². The number of carbonyl (C=O) groups excluding carboxylic acids is 6. The Bertz CT molecular complexity index is 3050. The van der Waals surface area contributed by atoms with E-state index in [1.54, 1.807) is 0 Å². The first-order valence-electron chi connectivity index (χ1n) is 41.9. The van der Waals surface area contributed by atoms with Gasteiger partial charge in [-0.05, 0) is 402 Å². The van der Waals surface area contributed by atoms with Crippen molar-refractivity contribution >= 4 is 35.8 Å². The van der Waals surface area contributed by atoms with E-state index in [-0.39, 0.29) is 88.7 Å². The first-order valence-corrected chi connectivity index (χ1v) is 41.9. The zero-order valence-electron chi connectivity index (χ0n) is 62.6. The molecule has 0 aromatic carbocycles. The van der Waals surface area contributed by atoms with Crippen molar-refractivity contribution in [2.45, 2.75) is 311 Å². The Morgan fingerprint density at radius 2 is 0.602 bits per heavy atom. The Hall–Kier alpha value is -3.18. The predicted octanol–water partition coefficient (Wildman–Crippen LogP) is 17.6. The molecule has 544 valence electrons. The number of hydrogen-bond donors (Lipinski definition) is 0. The van der Waals surface area contributed by atoms with Gasteiger partial charge >= 0.3 is 35.8 Å². The third kappa shape index (κ3) is 10.7. The van der Waals surface area contributed by atoms with Crippen molar-refractivity contribution in [1.82, 2.24) is 0 Å². The summed E-state index contributed by atoms with van der Waals surface area (Å²) in [6, 6.07) is 0. The van der Waals surface area contributed by atoms with Gasteiger partial charge in [-0.15, -0.1) is 0 Å². The van der Waals surface area contributed by atoms with Crippen molar-refractivity contribution in [2.24, 2.45) is 188 Å². The number of hydrogen-bond acceptors (Lipinski definition) is 12. The normalized spacial score (nSPS) is 51.6. The van der Waals surface area contributed by atoms with E-state index in [0.29, 0.717) is 118 Å². The van der Waals surface area contributed by atoms with Crippen LogP contribution in [0.5, 0.6) is 0 Å². The van der Waals surface area contributed by atoms with Gasteiger partial charge in [0.25, 0.3) is 0 Å². The van der Waals surface area contributed by atoms with Gasteiger partial charge in [-0.1, -0.05) is 27.7 Å². The summed E-state index contributed by atoms with van der Waals surface area (Å²) in [7, 11) is 0. The summed E-state index contributed by atoms with van der Waals surface area (Å²) in [5.74, 6) is 17.4. The van der Waals surface area contributed by atoms with E-state index in [0.717, 1.165) is 106 Å². The van der Waals surface area contributed by atoms with Crippen LogP contribution in [0, 0.1) is 188 Å². The monoisotopic (exact) mass is 1350 g/mol. The molecule has 22 aliphatic rings. The van der Waals surface area contributed by atoms with Crippen molar-refractivity contribution in [3.8, 4) is 0 Å². The van der Waals surface area contributed by atoms with Gasteiger partial charge in [0.05, 0.1) is 34.0 Å². The van der Waals surface area contributed by atoms with Crippen molar-refractivity contribution in [2.75, 3.05) is 0 Å². The summed E-state index contributed by atoms with van der Waals surface area (Å²) in [4.78, 5) is 78.8. The summed E-state index contributed by atoms with van der Waals surface area (Å²) < 4.78 is 37.9. The molecule has 12 nitrogen and oxygen atoms in total. The van der Waals surface area contributed by atoms with Crippen LogP contribution in [0.25, 0.3) is 0 Å². The minimum atomic E-state index is -0.422. The molecule has 0 amide bonds. The molecular formula is C86H128O12. The van der Waals surface area contributed by atoms with Gasteiger partial charge in [0.1, 0.15) is 35.1 Å². The minimum absolute atomic E-state index is 0.000801. The van der Waals surface area contributed by atoms with E-state index >= 15 is 0 Å². The average Bonchev–Trinajstić information content (AvgIpc) is 1.45. The zero-order valence-corrected chi connectivity index (χ0v) is 62.6. The maximum absolute atomic E-state index is 13.8. The van der Waals surface area contributed by atoms with Crippen LogP contribution < -0.4 is 0 Å². The van der Waals surface area contributed by atoms with Crippen LogP contribution in [0.3, 0.4) is 0 Å². The summed E-state index contributed by atoms with van der Waals surface area (Å²) in [5.41, 5.74) is -1.80. The van der Waals surface area contributed by atoms with Crippen LogP contribution >= 0.6 is 0 Å². The lowest BCUT2D eigenvalue weighted by Gasteiger charge is -2.60. The van der Waals surface area contributed by atoms with Crippen molar-refractivity contribution < 1.29 is 57.2 Å². The van der Waals surface area contributed by atoms with Crippen molar-refractivity contribution in [1.29, 1.82) is 0 Å². The third-order valence-corrected chi connectivity index (χ3v) is 35.8. The molecule has 22 fully saturated rings. The Labute approximate surface area is 588 Å². The van der Waals surface area contributed by atoms with Crippen LogP contribution in [0.15, 0.2) is 0 Å². The molecule has 0 aliphatic heterocycles. The second kappa shape index (κ2) is 24.2. The van der Waals surface area contributed by atoms with Gasteiger partial charge in [-0.3, -0.25) is 28.8 Å². The summed E-state index contributed by atoms with van der Waals surface area (Å²) >= 11 is 0. The molecule has 0 aromatic rings. The van der Waals surface area contributed by atoms with Crippen LogP contribution in [0.1, 0.15) is 276 Å². The molecule has 98 heavy (non-hydrogen) atoms. The molecule has 20 atom stereocenters. The standard InChI is InChI=1S/C31H46O4.C30H44O4.C25H38O4/c1-5-30(3,4)29(33)34-25-15-19-14-24(25)27-18-12-22(26(19)27)23(13-18)28(32)35-31(6-2)20-8-16-7-17(10-20)11-21(31)9-16;1-5-29(2,3)28(32)33-24-14-18-13-23(24)26-17-11-21(25(18)26)22(12-17)27(31)34-30(4)19-7-15-6-16(9-19)10-20(30)8-15;1-5-24(2,3)23(27)28-21-13-16-11-17(21)12-20(16)22(26)29-25(4)18-7-14-6-15(9-18)10-19(25)8-14/h16-27H,5-15H2,1-4H3;15-26H,5-14H2,1-4H3;14-21H,5-13H2,1-4H3. The maximum atomic E-state index is 13.8. The first kappa shape index (κ1) is 68.0. The molecule has 0 N–H and O–H groups in total. The molecular weight excluding hydrogens is 1220 g/mol. The second-order valence-corrected chi connectivity index (χ2v) is 41.3. The van der Waals surface area contributed by atoms with Crippen molar-refractivity contribution in [3.63, 3.8) is 0 Å². The third-order valence-electron chi connectivity index (χ3n) is 35.8. The second-order valence-electron chi connectivity index (χ2n) is 41.3. The highest BCUT2D eigenvalue weighted by molar-refractivity contribution is 5.78. The van der Waals surface area contributed by atoms with E-state index < -0.39 is 16.2 Å². The summed E-state index contributed by atoms with van der Waals surface area (Å²) in [6.07, 6.45) is 34.9. The molecule has 12 heteroatoms. The Balaban J connectivity index is 0.000000111. The number of carbonyl (C=O) groups is 6. The molecule has 22 saturated carbocycles. The largest absolute Gasteiger partial charge is 0.462 e. The van der Waals surface area contributed by atoms with Gasteiger partial charge in [0, 0.05) is 0 Å². The summed E-state index contributed by atoms with van der Waals surface area (Å²) in [6.45, 7) is 24.9. The first-order chi connectivity index (χ1) is 46.6. The van der Waals surface area contributed by atoms with E-state index in [2.05, 4.69) is 34.6 Å². The van der Waals surface area contributed by atoms with Gasteiger partial charge in [0.2, 0.25) is 0 Å². The molecule has 20 unspecified atom stereocenters. The quantitative estimate of drug-likeness (QED) is 0.0819. The van der Waals surface area contributed by atoms with Gasteiger partial charge < -0.3 is 28.4 Å². The smallest absolute Gasteiger partial charge is 0.311 e. The van der Waals surface area contributed by atoms with E-state index in [1.807, 2.05) is 48.5 Å². The predicted molar refractivity (Wildman–Crippen MR) is 371 cm³/mol. The average molecular weight is 1350 g/mol.